The second kappa shape index (κ2) is 19.2. The molecular formula is C34H52N4O8. The summed E-state index contributed by atoms with van der Waals surface area (Å²) in [5.74, 6) is -2.04. The van der Waals surface area contributed by atoms with E-state index in [1.54, 1.807) is 32.1 Å². The molecule has 2 amide bonds. The number of carbonyl (C=O) groups is 4. The lowest BCUT2D eigenvalue weighted by Crippen LogP contribution is -2.38. The molecular weight excluding hydrogens is 592 g/mol. The lowest BCUT2D eigenvalue weighted by atomic mass is 9.85. The first-order chi connectivity index (χ1) is 21.8. The average molecular weight is 645 g/mol. The summed E-state index contributed by atoms with van der Waals surface area (Å²) in [6.07, 6.45) is 7.54. The number of hydrogen-bond donors (Lipinski definition) is 5. The highest BCUT2D eigenvalue weighted by Crippen LogP contribution is 2.29. The third-order valence-corrected chi connectivity index (χ3v) is 8.23. The number of allylic oxidation sites excluding steroid dienone is 4. The maximum absolute atomic E-state index is 13.8. The molecule has 0 saturated carbocycles. The number of amides is 2. The normalized spacial score (nSPS) is 30.0. The molecule has 1 heterocycles. The van der Waals surface area contributed by atoms with Crippen molar-refractivity contribution in [3.8, 4) is 0 Å². The molecule has 0 fully saturated rings. The number of aliphatic hydroxyl groups is 1. The van der Waals surface area contributed by atoms with Gasteiger partial charge in [0.05, 0.1) is 23.6 Å². The van der Waals surface area contributed by atoms with Crippen molar-refractivity contribution in [1.82, 2.24) is 10.6 Å². The molecule has 2 aliphatic rings. The maximum Gasteiger partial charge on any atom is 0.405 e. The van der Waals surface area contributed by atoms with Crippen LogP contribution in [0.4, 0.5) is 4.79 Å². The molecule has 0 aromatic carbocycles. The van der Waals surface area contributed by atoms with Gasteiger partial charge in [0.2, 0.25) is 11.6 Å². The fraction of sp³-hybridized carbons (Fsp3) is 0.588. The lowest BCUT2D eigenvalue weighted by molar-refractivity contribution is -0.120. The van der Waals surface area contributed by atoms with Crippen LogP contribution < -0.4 is 22.1 Å². The fourth-order valence-electron chi connectivity index (χ4n) is 5.61. The first-order valence-electron chi connectivity index (χ1n) is 15.9. The van der Waals surface area contributed by atoms with Gasteiger partial charge in [-0.2, -0.15) is 0 Å². The van der Waals surface area contributed by atoms with E-state index in [1.165, 1.54) is 20.3 Å². The summed E-state index contributed by atoms with van der Waals surface area (Å²) < 4.78 is 16.7. The zero-order chi connectivity index (χ0) is 34.4. The van der Waals surface area contributed by atoms with Gasteiger partial charge in [-0.15, -0.1) is 0 Å². The quantitative estimate of drug-likeness (QED) is 0.134. The van der Waals surface area contributed by atoms with Crippen LogP contribution in [0.3, 0.4) is 0 Å². The molecule has 0 aromatic heterocycles. The van der Waals surface area contributed by atoms with Crippen LogP contribution in [-0.4, -0.2) is 80.4 Å². The van der Waals surface area contributed by atoms with Crippen LogP contribution in [0.15, 0.2) is 58.5 Å². The summed E-state index contributed by atoms with van der Waals surface area (Å²) in [4.78, 5) is 52.0. The summed E-state index contributed by atoms with van der Waals surface area (Å²) in [5.41, 5.74) is 12.2. The van der Waals surface area contributed by atoms with Gasteiger partial charge >= 0.3 is 6.09 Å². The van der Waals surface area contributed by atoms with Crippen LogP contribution in [0.2, 0.25) is 0 Å². The predicted octanol–water partition coefficient (Wildman–Crippen LogP) is 2.87. The fourth-order valence-corrected chi connectivity index (χ4v) is 5.61. The van der Waals surface area contributed by atoms with Gasteiger partial charge in [0.1, 0.15) is 6.10 Å². The Morgan fingerprint density at radius 3 is 2.41 bits per heavy atom. The highest BCUT2D eigenvalue weighted by atomic mass is 16.6. The Labute approximate surface area is 272 Å². The molecule has 7 N–H and O–H groups in total. The molecule has 12 heteroatoms. The Bertz CT molecular complexity index is 1250. The molecule has 6 atom stereocenters. The highest BCUT2D eigenvalue weighted by molar-refractivity contribution is 6.23. The van der Waals surface area contributed by atoms with Crippen molar-refractivity contribution >= 4 is 23.6 Å². The van der Waals surface area contributed by atoms with Crippen molar-refractivity contribution in [2.24, 2.45) is 23.3 Å². The molecule has 1 aliphatic heterocycles. The van der Waals surface area contributed by atoms with E-state index in [0.717, 1.165) is 31.8 Å². The molecule has 0 saturated heterocycles. The molecule has 2 rings (SSSR count). The van der Waals surface area contributed by atoms with Crippen molar-refractivity contribution in [3.63, 3.8) is 0 Å². The Kier molecular flexibility index (Phi) is 16.1. The molecule has 1 aliphatic carbocycles. The van der Waals surface area contributed by atoms with Gasteiger partial charge in [0, 0.05) is 43.9 Å². The number of aliphatic hydroxyl groups excluding tert-OH is 1. The first kappa shape index (κ1) is 38.6. The topological polar surface area (TPSA) is 192 Å². The second-order valence-corrected chi connectivity index (χ2v) is 12.1. The van der Waals surface area contributed by atoms with E-state index in [0.29, 0.717) is 25.1 Å². The summed E-state index contributed by atoms with van der Waals surface area (Å²) >= 11 is 0. The van der Waals surface area contributed by atoms with Crippen LogP contribution in [0.1, 0.15) is 66.2 Å². The van der Waals surface area contributed by atoms with Gasteiger partial charge in [-0.1, -0.05) is 51.0 Å². The van der Waals surface area contributed by atoms with E-state index in [4.69, 9.17) is 25.7 Å². The minimum Gasteiger partial charge on any atom is -0.439 e. The zero-order valence-electron chi connectivity index (χ0n) is 28.0. The number of primary amides is 1. The smallest absolute Gasteiger partial charge is 0.405 e. The summed E-state index contributed by atoms with van der Waals surface area (Å²) in [6.45, 7) is 8.17. The van der Waals surface area contributed by atoms with Crippen LogP contribution >= 0.6 is 0 Å². The number of nitrogens with two attached hydrogens (primary N) is 2. The Morgan fingerprint density at radius 1 is 1.09 bits per heavy atom. The number of ether oxygens (including phenoxy) is 3. The minimum atomic E-state index is -0.997. The average Bonchev–Trinajstić information content (AvgIpc) is 3.01. The molecule has 0 spiro atoms. The molecule has 2 unspecified atom stereocenters. The largest absolute Gasteiger partial charge is 0.439 e. The number of rotatable bonds is 10. The van der Waals surface area contributed by atoms with E-state index < -0.39 is 53.9 Å². The lowest BCUT2D eigenvalue weighted by Gasteiger charge is -2.30. The van der Waals surface area contributed by atoms with Crippen molar-refractivity contribution in [2.75, 3.05) is 27.3 Å². The van der Waals surface area contributed by atoms with E-state index in [2.05, 4.69) is 10.6 Å². The number of methoxy groups -OCH3 is 2. The monoisotopic (exact) mass is 644 g/mol. The Balaban J connectivity index is 2.54. The van der Waals surface area contributed by atoms with Crippen molar-refractivity contribution in [1.29, 1.82) is 0 Å². The van der Waals surface area contributed by atoms with Crippen LogP contribution in [0.5, 0.6) is 0 Å². The number of fused-ring (bicyclic) bond motifs is 2. The highest BCUT2D eigenvalue weighted by Gasteiger charge is 2.33. The van der Waals surface area contributed by atoms with Gasteiger partial charge in [-0.3, -0.25) is 14.4 Å². The first-order valence-corrected chi connectivity index (χ1v) is 15.9. The van der Waals surface area contributed by atoms with Crippen molar-refractivity contribution < 1.29 is 38.5 Å². The van der Waals surface area contributed by atoms with Gasteiger partial charge in [-0.25, -0.2) is 4.79 Å². The van der Waals surface area contributed by atoms with Gasteiger partial charge in [0.15, 0.2) is 6.10 Å². The zero-order valence-corrected chi connectivity index (χ0v) is 28.0. The SMILES string of the molecule is COC1/C=C\C=C(/C)C(=O)NC2=CC(=O)C(NCCCCCCN)=C(C[C@@H](C)CC(OC)[C@H](O)[C@@H](C)/C=C(/C)[C@@H]1OC(N)=O)C2=O. The predicted molar refractivity (Wildman–Crippen MR) is 175 cm³/mol. The molecule has 0 aromatic rings. The standard InChI is InChI=1S/C34H52N4O8/c1-20-16-24-29(37-15-10-8-7-9-14-35)26(39)19-25(31(24)41)38-33(42)21(2)12-11-13-27(44-5)32(46-34(36)43)23(4)18-22(3)30(40)28(17-20)45-6/h11-13,18-20,22,27-28,30,32,37,40H,7-10,14-17,35H2,1-6H3,(H2,36,43)(H,38,42)/b13-11-,21-12+,23-18-/t20-,22+,27?,28?,30-,32+/m1/s1. The molecule has 256 valence electrons. The van der Waals surface area contributed by atoms with Gasteiger partial charge < -0.3 is 41.4 Å². The maximum atomic E-state index is 13.8. The molecule has 12 nitrogen and oxygen atoms in total. The number of unbranched alkanes of at least 4 members (excludes halogenated alkanes) is 3. The summed E-state index contributed by atoms with van der Waals surface area (Å²) in [7, 11) is 2.94. The Hall–Kier alpha value is -3.58. The molecule has 2 bridgehead atoms. The summed E-state index contributed by atoms with van der Waals surface area (Å²) in [6, 6.07) is 0. The van der Waals surface area contributed by atoms with Crippen LogP contribution in [0, 0.1) is 11.8 Å². The van der Waals surface area contributed by atoms with E-state index in [9.17, 15) is 24.3 Å². The number of nitrogens with one attached hydrogen (secondary N) is 2. The third kappa shape index (κ3) is 11.3. The third-order valence-electron chi connectivity index (χ3n) is 8.23. The number of carbonyl (C=O) groups excluding carboxylic acids is 4. The minimum absolute atomic E-state index is 0.109. The number of ketones is 2. The molecule has 46 heavy (non-hydrogen) atoms. The van der Waals surface area contributed by atoms with E-state index in [-0.39, 0.29) is 34.9 Å². The summed E-state index contributed by atoms with van der Waals surface area (Å²) in [5, 5.41) is 17.1. The molecule has 0 radical (unpaired) electrons. The van der Waals surface area contributed by atoms with Crippen molar-refractivity contribution in [2.45, 2.75) is 90.6 Å². The second-order valence-electron chi connectivity index (χ2n) is 12.1. The van der Waals surface area contributed by atoms with Crippen molar-refractivity contribution in [3.05, 3.63) is 58.5 Å². The van der Waals surface area contributed by atoms with Crippen LogP contribution in [-0.2, 0) is 28.6 Å². The van der Waals surface area contributed by atoms with Gasteiger partial charge in [0.25, 0.3) is 5.91 Å². The number of hydrogen-bond acceptors (Lipinski definition) is 10. The van der Waals surface area contributed by atoms with E-state index in [1.807, 2.05) is 13.8 Å². The number of Topliss-reactive ketones (excluding diaryl/α,β-unsaturated/α-hetero) is 1. The Morgan fingerprint density at radius 2 is 1.78 bits per heavy atom. The van der Waals surface area contributed by atoms with E-state index >= 15 is 0 Å². The van der Waals surface area contributed by atoms with Gasteiger partial charge in [-0.05, 0) is 57.6 Å². The van der Waals surface area contributed by atoms with Crippen LogP contribution in [0.25, 0.3) is 0 Å².